The quantitative estimate of drug-likeness (QED) is 0.280. The van der Waals surface area contributed by atoms with Crippen LogP contribution in [0.15, 0.2) is 47.4 Å². The van der Waals surface area contributed by atoms with Crippen molar-refractivity contribution < 1.29 is 46.3 Å². The van der Waals surface area contributed by atoms with Crippen molar-refractivity contribution in [2.45, 2.75) is 113 Å². The van der Waals surface area contributed by atoms with E-state index in [0.29, 0.717) is 36.8 Å². The first-order valence-corrected chi connectivity index (χ1v) is 20.5. The summed E-state index contributed by atoms with van der Waals surface area (Å²) in [7, 11) is -4.59. The molecule has 302 valence electrons. The van der Waals surface area contributed by atoms with E-state index in [1.165, 1.54) is 21.9 Å². The third-order valence-corrected chi connectivity index (χ3v) is 12.1. The minimum atomic E-state index is -4.59. The van der Waals surface area contributed by atoms with Crippen LogP contribution < -0.4 is 15.4 Å². The standard InChI is InChI=1S/C37H43Cl2FN6O9S/c1-36(2,3)55-34(50)41-26-13-8-6-4-5-7-11-22-17-37(22,33(49)44-56(52,53)28-14-15-29(38)42-30(28)39)43-31(47)27-16-23(19-46(27)32(26)48)54-35(51)45-18-21-10-9-12-25(40)24(21)20-45/h7,9-12,14-15,22-23,26-27H,4-6,8,13,16-20H2,1-3H3,(H,41,50)(H,43,47)(H,44,49)/b11-7-/t22-,23-,26+,27+,37-/m1/s1. The van der Waals surface area contributed by atoms with Crippen molar-refractivity contribution in [1.29, 1.82) is 0 Å². The number of nitrogens with zero attached hydrogens (tertiary/aromatic N) is 3. The molecule has 2 fully saturated rings. The smallest absolute Gasteiger partial charge is 0.410 e. The zero-order valence-electron chi connectivity index (χ0n) is 31.0. The van der Waals surface area contributed by atoms with Gasteiger partial charge in [-0.1, -0.05) is 60.3 Å². The summed E-state index contributed by atoms with van der Waals surface area (Å²) >= 11 is 11.9. The van der Waals surface area contributed by atoms with Crippen LogP contribution in [0.1, 0.15) is 76.8 Å². The molecule has 1 saturated heterocycles. The molecule has 1 aliphatic carbocycles. The minimum Gasteiger partial charge on any atom is -0.444 e. The van der Waals surface area contributed by atoms with Crippen molar-refractivity contribution >= 4 is 63.1 Å². The fourth-order valence-corrected chi connectivity index (χ4v) is 8.91. The van der Waals surface area contributed by atoms with Crippen molar-refractivity contribution in [1.82, 2.24) is 30.1 Å². The first-order valence-electron chi connectivity index (χ1n) is 18.3. The Kier molecular flexibility index (Phi) is 11.9. The van der Waals surface area contributed by atoms with Gasteiger partial charge in [-0.15, -0.1) is 0 Å². The predicted molar refractivity (Wildman–Crippen MR) is 200 cm³/mol. The highest BCUT2D eigenvalue weighted by Crippen LogP contribution is 2.46. The maximum absolute atomic E-state index is 14.5. The number of benzene rings is 1. The van der Waals surface area contributed by atoms with Gasteiger partial charge in [-0.25, -0.2) is 32.1 Å². The van der Waals surface area contributed by atoms with Gasteiger partial charge in [0.15, 0.2) is 5.15 Å². The molecular formula is C37H43Cl2FN6O9S. The number of hydrogen-bond donors (Lipinski definition) is 3. The molecule has 5 atom stereocenters. The fraction of sp³-hybridized carbons (Fsp3) is 0.514. The van der Waals surface area contributed by atoms with Crippen molar-refractivity contribution in [3.05, 3.63) is 69.7 Å². The minimum absolute atomic E-state index is 0.0330. The van der Waals surface area contributed by atoms with E-state index in [9.17, 15) is 36.8 Å². The molecule has 0 spiro atoms. The summed E-state index contributed by atoms with van der Waals surface area (Å²) in [5.41, 5.74) is -1.62. The van der Waals surface area contributed by atoms with Gasteiger partial charge < -0.3 is 25.0 Å². The summed E-state index contributed by atoms with van der Waals surface area (Å²) < 4.78 is 54.4. The van der Waals surface area contributed by atoms with Crippen LogP contribution in [-0.4, -0.2) is 89.0 Å². The number of halogens is 3. The van der Waals surface area contributed by atoms with E-state index < -0.39 is 91.0 Å². The number of nitrogens with one attached hydrogen (secondary N) is 3. The van der Waals surface area contributed by atoms with E-state index in [1.54, 1.807) is 39.0 Å². The number of sulfonamides is 1. The van der Waals surface area contributed by atoms with E-state index in [4.69, 9.17) is 32.7 Å². The average Bonchev–Trinajstić information content (AvgIpc) is 3.40. The number of hydrogen-bond acceptors (Lipinski definition) is 10. The summed E-state index contributed by atoms with van der Waals surface area (Å²) in [6.07, 6.45) is 3.52. The highest BCUT2D eigenvalue weighted by molar-refractivity contribution is 7.90. The number of carbonyl (C=O) groups is 5. The molecule has 1 aromatic heterocycles. The summed E-state index contributed by atoms with van der Waals surface area (Å²) in [5, 5.41) is 4.84. The average molecular weight is 838 g/mol. The van der Waals surface area contributed by atoms with Crippen LogP contribution in [-0.2, 0) is 47.0 Å². The monoisotopic (exact) mass is 836 g/mol. The molecule has 15 nitrogen and oxygen atoms in total. The molecule has 0 unspecified atom stereocenters. The second-order valence-electron chi connectivity index (χ2n) is 15.4. The summed E-state index contributed by atoms with van der Waals surface area (Å²) in [4.78, 5) is 74.7. The molecule has 2 aromatic rings. The largest absolute Gasteiger partial charge is 0.444 e. The van der Waals surface area contributed by atoms with Crippen LogP contribution in [0.25, 0.3) is 0 Å². The summed E-state index contributed by atoms with van der Waals surface area (Å²) in [6, 6.07) is 4.39. The number of allylic oxidation sites excluding steroid dienone is 1. The molecule has 56 heavy (non-hydrogen) atoms. The number of pyridine rings is 1. The molecule has 4 aliphatic rings. The number of amides is 5. The Morgan fingerprint density at radius 3 is 2.55 bits per heavy atom. The third kappa shape index (κ3) is 9.21. The van der Waals surface area contributed by atoms with Crippen LogP contribution in [0.2, 0.25) is 10.3 Å². The number of aromatic nitrogens is 1. The molecule has 3 N–H and O–H groups in total. The van der Waals surface area contributed by atoms with Gasteiger partial charge >= 0.3 is 12.2 Å². The van der Waals surface area contributed by atoms with Crippen LogP contribution in [0, 0.1) is 11.7 Å². The Labute approximate surface area is 333 Å². The Morgan fingerprint density at radius 2 is 1.84 bits per heavy atom. The van der Waals surface area contributed by atoms with Crippen LogP contribution in [0.4, 0.5) is 14.0 Å². The molecular weight excluding hydrogens is 794 g/mol. The van der Waals surface area contributed by atoms with Crippen molar-refractivity contribution in [3.8, 4) is 0 Å². The lowest BCUT2D eigenvalue weighted by Crippen LogP contribution is -2.58. The van der Waals surface area contributed by atoms with E-state index >= 15 is 0 Å². The fourth-order valence-electron chi connectivity index (χ4n) is 7.21. The van der Waals surface area contributed by atoms with Crippen molar-refractivity contribution in [2.24, 2.45) is 5.92 Å². The van der Waals surface area contributed by atoms with Crippen molar-refractivity contribution in [3.63, 3.8) is 0 Å². The van der Waals surface area contributed by atoms with Gasteiger partial charge in [0.05, 0.1) is 13.1 Å². The van der Waals surface area contributed by atoms with Gasteiger partial charge in [0.2, 0.25) is 11.8 Å². The van der Waals surface area contributed by atoms with Crippen molar-refractivity contribution in [2.75, 3.05) is 6.54 Å². The van der Waals surface area contributed by atoms with E-state index in [2.05, 4.69) is 15.6 Å². The first kappa shape index (κ1) is 41.2. The lowest BCUT2D eigenvalue weighted by atomic mass is 10.0. The lowest BCUT2D eigenvalue weighted by Gasteiger charge is -2.30. The molecule has 6 rings (SSSR count). The molecule has 0 radical (unpaired) electrons. The van der Waals surface area contributed by atoms with Gasteiger partial charge in [0, 0.05) is 24.4 Å². The van der Waals surface area contributed by atoms with Crippen LogP contribution >= 0.6 is 23.2 Å². The number of rotatable bonds is 5. The highest BCUT2D eigenvalue weighted by Gasteiger charge is 2.62. The van der Waals surface area contributed by atoms with Gasteiger partial charge in [0.25, 0.3) is 15.9 Å². The summed E-state index contributed by atoms with van der Waals surface area (Å²) in [6.45, 7) is 4.84. The maximum Gasteiger partial charge on any atom is 0.410 e. The summed E-state index contributed by atoms with van der Waals surface area (Å²) in [5.74, 6) is -3.56. The normalized spacial score (nSPS) is 26.0. The van der Waals surface area contributed by atoms with E-state index in [0.717, 1.165) is 6.07 Å². The Balaban J connectivity index is 1.27. The first-order chi connectivity index (χ1) is 26.4. The Hall–Kier alpha value is -4.48. The molecule has 19 heteroatoms. The van der Waals surface area contributed by atoms with E-state index in [-0.39, 0.29) is 44.0 Å². The van der Waals surface area contributed by atoms with Gasteiger partial charge in [0.1, 0.15) is 45.2 Å². The Morgan fingerprint density at radius 1 is 1.07 bits per heavy atom. The lowest BCUT2D eigenvalue weighted by molar-refractivity contribution is -0.141. The number of alkyl carbamates (subject to hydrolysis) is 1. The zero-order valence-corrected chi connectivity index (χ0v) is 33.3. The SMILES string of the molecule is CC(C)(C)OC(=O)N[C@H]1CCCCC/C=C\[C@@H]2C[C@@]2(C(=O)NS(=O)(=O)c2ccc(Cl)nc2Cl)NC(=O)[C@@H]2C[C@@H](OC(=O)N3Cc4cccc(F)c4C3)CN2C1=O. The second kappa shape index (κ2) is 16.2. The second-order valence-corrected chi connectivity index (χ2v) is 17.8. The maximum atomic E-state index is 14.5. The number of ether oxygens (including phenoxy) is 2. The predicted octanol–water partition coefficient (Wildman–Crippen LogP) is 4.74. The molecule has 1 saturated carbocycles. The molecule has 3 aliphatic heterocycles. The van der Waals surface area contributed by atoms with E-state index in [1.807, 2.05) is 10.8 Å². The zero-order chi connectivity index (χ0) is 40.6. The number of fused-ring (bicyclic) bond motifs is 3. The van der Waals surface area contributed by atoms with Gasteiger partial charge in [-0.3, -0.25) is 19.3 Å². The topological polar surface area (TPSA) is 193 Å². The van der Waals surface area contributed by atoms with Gasteiger partial charge in [-0.2, -0.15) is 0 Å². The molecule has 0 bridgehead atoms. The molecule has 1 aromatic carbocycles. The Bertz CT molecular complexity index is 2060. The molecule has 4 heterocycles. The van der Waals surface area contributed by atoms with Gasteiger partial charge in [-0.05, 0) is 70.2 Å². The van der Waals surface area contributed by atoms with Crippen LogP contribution in [0.5, 0.6) is 0 Å². The van der Waals surface area contributed by atoms with Crippen LogP contribution in [0.3, 0.4) is 0 Å². The molecule has 5 amide bonds. The highest BCUT2D eigenvalue weighted by atomic mass is 35.5. The third-order valence-electron chi connectivity index (χ3n) is 10.1. The number of carbonyl (C=O) groups excluding carboxylic acids is 5.